The molecule has 3 aromatic rings. The highest BCUT2D eigenvalue weighted by molar-refractivity contribution is 7.98. The van der Waals surface area contributed by atoms with Crippen LogP contribution in [0.1, 0.15) is 18.2 Å². The van der Waals surface area contributed by atoms with Crippen LogP contribution in [0.4, 0.5) is 5.95 Å². The lowest BCUT2D eigenvalue weighted by molar-refractivity contribution is 0.283. The minimum Gasteiger partial charge on any atom is -0.493 e. The molecule has 3 heterocycles. The number of thioether (sulfide) groups is 1. The smallest absolute Gasteiger partial charge is 0.225 e. The van der Waals surface area contributed by atoms with Gasteiger partial charge < -0.3 is 9.64 Å². The van der Waals surface area contributed by atoms with Crippen LogP contribution in [0.2, 0.25) is 0 Å². The predicted octanol–water partition coefficient (Wildman–Crippen LogP) is 4.89. The van der Waals surface area contributed by atoms with Crippen molar-refractivity contribution in [1.82, 2.24) is 15.0 Å². The number of anilines is 1. The highest BCUT2D eigenvalue weighted by atomic mass is 32.2. The van der Waals surface area contributed by atoms with Crippen LogP contribution in [0.25, 0.3) is 11.1 Å². The van der Waals surface area contributed by atoms with E-state index in [1.807, 2.05) is 12.4 Å². The average Bonchev–Trinajstić information content (AvgIpc) is 3.26. The first-order chi connectivity index (χ1) is 15.2. The molecule has 1 aromatic carbocycles. The Bertz CT molecular complexity index is 1040. The summed E-state index contributed by atoms with van der Waals surface area (Å²) < 4.78 is 6.13. The molecule has 2 fully saturated rings. The molecule has 0 radical (unpaired) electrons. The molecule has 2 aromatic heterocycles. The molecule has 6 heteroatoms. The van der Waals surface area contributed by atoms with E-state index in [1.165, 1.54) is 16.7 Å². The monoisotopic (exact) mass is 432 g/mol. The predicted molar refractivity (Wildman–Crippen MR) is 126 cm³/mol. The topological polar surface area (TPSA) is 51.1 Å². The van der Waals surface area contributed by atoms with E-state index < -0.39 is 0 Å². The van der Waals surface area contributed by atoms with Crippen molar-refractivity contribution in [1.29, 1.82) is 0 Å². The number of hydrogen-bond acceptors (Lipinski definition) is 6. The number of piperidine rings is 1. The number of aromatic nitrogens is 3. The number of hydrogen-bond donors (Lipinski definition) is 0. The van der Waals surface area contributed by atoms with Gasteiger partial charge in [0.2, 0.25) is 5.95 Å². The van der Waals surface area contributed by atoms with Crippen molar-refractivity contribution in [3.8, 4) is 16.9 Å². The SMILES string of the molecule is CCc1cnc(N2CC3C(COc4ccc(-c5ccc(SC)nc5C)cc4)C3C2)nc1. The molecule has 31 heavy (non-hydrogen) atoms. The Kier molecular flexibility index (Phi) is 5.57. The maximum absolute atomic E-state index is 6.13. The van der Waals surface area contributed by atoms with Gasteiger partial charge in [-0.25, -0.2) is 15.0 Å². The van der Waals surface area contributed by atoms with Gasteiger partial charge in [0, 0.05) is 42.7 Å². The molecular weight excluding hydrogens is 404 g/mol. The first-order valence-electron chi connectivity index (χ1n) is 11.0. The van der Waals surface area contributed by atoms with Gasteiger partial charge in [-0.2, -0.15) is 0 Å². The number of pyridine rings is 1. The summed E-state index contributed by atoms with van der Waals surface area (Å²) >= 11 is 1.67. The zero-order valence-corrected chi connectivity index (χ0v) is 19.1. The van der Waals surface area contributed by atoms with Crippen LogP contribution < -0.4 is 9.64 Å². The van der Waals surface area contributed by atoms with Crippen molar-refractivity contribution in [2.45, 2.75) is 25.3 Å². The Morgan fingerprint density at radius 3 is 2.35 bits per heavy atom. The van der Waals surface area contributed by atoms with E-state index in [1.54, 1.807) is 11.8 Å². The van der Waals surface area contributed by atoms with Crippen LogP contribution in [0, 0.1) is 24.7 Å². The largest absolute Gasteiger partial charge is 0.493 e. The third kappa shape index (κ3) is 4.13. The Morgan fingerprint density at radius 2 is 1.74 bits per heavy atom. The van der Waals surface area contributed by atoms with Crippen molar-refractivity contribution in [3.63, 3.8) is 0 Å². The van der Waals surface area contributed by atoms with Gasteiger partial charge in [-0.3, -0.25) is 0 Å². The van der Waals surface area contributed by atoms with Gasteiger partial charge in [-0.1, -0.05) is 19.1 Å². The number of rotatable bonds is 7. The summed E-state index contributed by atoms with van der Waals surface area (Å²) in [5.74, 6) is 3.87. The Hall–Kier alpha value is -2.60. The molecule has 2 unspecified atom stereocenters. The van der Waals surface area contributed by atoms with Crippen LogP contribution in [-0.2, 0) is 6.42 Å². The lowest BCUT2D eigenvalue weighted by Crippen LogP contribution is -2.27. The number of benzene rings is 1. The first kappa shape index (κ1) is 20.3. The Labute approximate surface area is 188 Å². The van der Waals surface area contributed by atoms with E-state index in [4.69, 9.17) is 4.74 Å². The van der Waals surface area contributed by atoms with Crippen LogP contribution in [-0.4, -0.2) is 40.9 Å². The van der Waals surface area contributed by atoms with Crippen LogP contribution in [0.15, 0.2) is 53.8 Å². The van der Waals surface area contributed by atoms with Gasteiger partial charge in [0.05, 0.1) is 11.6 Å². The van der Waals surface area contributed by atoms with Crippen molar-refractivity contribution < 1.29 is 4.74 Å². The molecule has 1 saturated heterocycles. The number of fused-ring (bicyclic) bond motifs is 1. The zero-order valence-electron chi connectivity index (χ0n) is 18.3. The molecule has 1 aliphatic carbocycles. The quantitative estimate of drug-likeness (QED) is 0.495. The average molecular weight is 433 g/mol. The summed E-state index contributed by atoms with van der Waals surface area (Å²) in [6, 6.07) is 12.6. The van der Waals surface area contributed by atoms with Gasteiger partial charge in [0.25, 0.3) is 0 Å². The highest BCUT2D eigenvalue weighted by Gasteiger charge is 2.56. The van der Waals surface area contributed by atoms with Gasteiger partial charge in [-0.15, -0.1) is 11.8 Å². The van der Waals surface area contributed by atoms with Gasteiger partial charge in [-0.05, 0) is 66.8 Å². The van der Waals surface area contributed by atoms with E-state index in [0.29, 0.717) is 17.8 Å². The van der Waals surface area contributed by atoms with Gasteiger partial charge >= 0.3 is 0 Å². The van der Waals surface area contributed by atoms with Crippen molar-refractivity contribution in [2.24, 2.45) is 17.8 Å². The summed E-state index contributed by atoms with van der Waals surface area (Å²) in [6.45, 7) is 7.07. The van der Waals surface area contributed by atoms with E-state index >= 15 is 0 Å². The summed E-state index contributed by atoms with van der Waals surface area (Å²) in [7, 11) is 0. The molecular formula is C25H28N4OS. The number of nitrogens with zero attached hydrogens (tertiary/aromatic N) is 4. The molecule has 0 amide bonds. The second kappa shape index (κ2) is 8.50. The van der Waals surface area contributed by atoms with Crippen LogP contribution >= 0.6 is 11.8 Å². The minimum absolute atomic E-state index is 0.649. The molecule has 2 aliphatic rings. The molecule has 5 nitrogen and oxygen atoms in total. The molecule has 5 rings (SSSR count). The number of aryl methyl sites for hydroxylation is 2. The van der Waals surface area contributed by atoms with Gasteiger partial charge in [0.1, 0.15) is 5.75 Å². The maximum atomic E-state index is 6.13. The third-order valence-electron chi connectivity index (χ3n) is 6.63. The molecule has 0 N–H and O–H groups in total. The normalized spacial score (nSPS) is 21.8. The summed E-state index contributed by atoms with van der Waals surface area (Å²) in [5, 5.41) is 1.05. The summed E-state index contributed by atoms with van der Waals surface area (Å²) in [6.07, 6.45) is 6.93. The molecule has 1 aliphatic heterocycles. The fraction of sp³-hybridized carbons (Fsp3) is 0.400. The van der Waals surface area contributed by atoms with E-state index in [-0.39, 0.29) is 0 Å². The molecule has 0 bridgehead atoms. The van der Waals surface area contributed by atoms with E-state index in [9.17, 15) is 0 Å². The fourth-order valence-electron chi connectivity index (χ4n) is 4.63. The Balaban J connectivity index is 1.14. The van der Waals surface area contributed by atoms with Gasteiger partial charge in [0.15, 0.2) is 0 Å². The summed E-state index contributed by atoms with van der Waals surface area (Å²) in [4.78, 5) is 16.0. The van der Waals surface area contributed by atoms with E-state index in [0.717, 1.165) is 48.5 Å². The third-order valence-corrected chi connectivity index (χ3v) is 7.28. The van der Waals surface area contributed by atoms with Crippen molar-refractivity contribution >= 4 is 17.7 Å². The highest BCUT2D eigenvalue weighted by Crippen LogP contribution is 2.52. The van der Waals surface area contributed by atoms with Crippen molar-refractivity contribution in [3.05, 3.63) is 60.0 Å². The lowest BCUT2D eigenvalue weighted by atomic mass is 10.0. The first-order valence-corrected chi connectivity index (χ1v) is 12.2. The van der Waals surface area contributed by atoms with Crippen LogP contribution in [0.3, 0.4) is 0 Å². The molecule has 0 spiro atoms. The fourth-order valence-corrected chi connectivity index (χ4v) is 5.07. The Morgan fingerprint density at radius 1 is 1.03 bits per heavy atom. The van der Waals surface area contributed by atoms with Crippen LogP contribution in [0.5, 0.6) is 5.75 Å². The molecule has 1 saturated carbocycles. The second-order valence-electron chi connectivity index (χ2n) is 8.46. The molecule has 2 atom stereocenters. The maximum Gasteiger partial charge on any atom is 0.225 e. The van der Waals surface area contributed by atoms with Crippen molar-refractivity contribution in [2.75, 3.05) is 30.9 Å². The number of ether oxygens (including phenoxy) is 1. The zero-order chi connectivity index (χ0) is 21.4. The minimum atomic E-state index is 0.649. The second-order valence-corrected chi connectivity index (χ2v) is 9.29. The standard InChI is InChI=1S/C25H28N4OS/c1-4-17-11-26-25(27-12-17)29-13-21-22(14-29)23(21)15-30-19-7-5-18(6-8-19)20-9-10-24(31-3)28-16(20)2/h5-12,21-23H,4,13-15H2,1-3H3. The summed E-state index contributed by atoms with van der Waals surface area (Å²) in [5.41, 5.74) is 4.60. The lowest BCUT2D eigenvalue weighted by Gasteiger charge is -2.19. The molecule has 160 valence electrons. The van der Waals surface area contributed by atoms with E-state index in [2.05, 4.69) is 76.4 Å².